The summed E-state index contributed by atoms with van der Waals surface area (Å²) in [7, 11) is 0. The van der Waals surface area contributed by atoms with Crippen molar-refractivity contribution < 1.29 is 9.13 Å². The van der Waals surface area contributed by atoms with Gasteiger partial charge in [0.1, 0.15) is 0 Å². The SMILES string of the molecule is C1CCOC1.CCCCF.N. The van der Waals surface area contributed by atoms with Crippen molar-refractivity contribution in [2.24, 2.45) is 0 Å². The van der Waals surface area contributed by atoms with E-state index in [-0.39, 0.29) is 12.8 Å². The minimum atomic E-state index is -0.156. The first-order valence-electron chi connectivity index (χ1n) is 4.05. The van der Waals surface area contributed by atoms with Crippen LogP contribution in [0, 0.1) is 0 Å². The predicted molar refractivity (Wildman–Crippen MR) is 46.0 cm³/mol. The van der Waals surface area contributed by atoms with Gasteiger partial charge in [-0.05, 0) is 19.3 Å². The molecule has 2 nitrogen and oxygen atoms in total. The molecule has 70 valence electrons. The van der Waals surface area contributed by atoms with Gasteiger partial charge < -0.3 is 10.9 Å². The van der Waals surface area contributed by atoms with E-state index in [4.69, 9.17) is 4.74 Å². The van der Waals surface area contributed by atoms with Crippen molar-refractivity contribution >= 4 is 0 Å². The third kappa shape index (κ3) is 12.9. The van der Waals surface area contributed by atoms with Crippen LogP contribution in [0.25, 0.3) is 0 Å². The number of unbranched alkanes of at least 4 members (excludes halogenated alkanes) is 1. The maximum absolute atomic E-state index is 11.0. The number of hydrogen-bond donors (Lipinski definition) is 1. The summed E-state index contributed by atoms with van der Waals surface area (Å²) in [6, 6.07) is 0. The van der Waals surface area contributed by atoms with Crippen molar-refractivity contribution in [3.63, 3.8) is 0 Å². The van der Waals surface area contributed by atoms with Crippen LogP contribution in [0.1, 0.15) is 32.6 Å². The Balaban J connectivity index is 0. The Morgan fingerprint density at radius 1 is 1.27 bits per heavy atom. The molecule has 0 radical (unpaired) electrons. The normalized spacial score (nSPS) is 14.7. The second-order valence-corrected chi connectivity index (χ2v) is 2.36. The third-order valence-electron chi connectivity index (χ3n) is 1.31. The summed E-state index contributed by atoms with van der Waals surface area (Å²) in [5, 5.41) is 0. The zero-order valence-electron chi connectivity index (χ0n) is 7.44. The summed E-state index contributed by atoms with van der Waals surface area (Å²) in [5.74, 6) is 0. The van der Waals surface area contributed by atoms with E-state index in [1.807, 2.05) is 6.92 Å². The molecule has 1 heterocycles. The minimum absolute atomic E-state index is 0. The Bertz CT molecular complexity index is 48.4. The summed E-state index contributed by atoms with van der Waals surface area (Å²) in [6.07, 6.45) is 4.25. The van der Waals surface area contributed by atoms with E-state index in [1.165, 1.54) is 12.8 Å². The van der Waals surface area contributed by atoms with Gasteiger partial charge in [0, 0.05) is 13.2 Å². The van der Waals surface area contributed by atoms with Crippen LogP contribution < -0.4 is 6.15 Å². The quantitative estimate of drug-likeness (QED) is 0.683. The highest BCUT2D eigenvalue weighted by Gasteiger charge is 1.94. The van der Waals surface area contributed by atoms with Gasteiger partial charge >= 0.3 is 0 Å². The lowest BCUT2D eigenvalue weighted by Gasteiger charge is -1.76. The highest BCUT2D eigenvalue weighted by atomic mass is 19.1. The van der Waals surface area contributed by atoms with Crippen LogP contribution in [-0.4, -0.2) is 19.9 Å². The minimum Gasteiger partial charge on any atom is -0.381 e. The van der Waals surface area contributed by atoms with Gasteiger partial charge in [-0.1, -0.05) is 13.3 Å². The Morgan fingerprint density at radius 3 is 1.91 bits per heavy atom. The van der Waals surface area contributed by atoms with Gasteiger partial charge in [-0.3, -0.25) is 4.39 Å². The fourth-order valence-electron chi connectivity index (χ4n) is 0.644. The van der Waals surface area contributed by atoms with Gasteiger partial charge in [-0.25, -0.2) is 0 Å². The molecule has 3 N–H and O–H groups in total. The van der Waals surface area contributed by atoms with E-state index in [9.17, 15) is 4.39 Å². The molecule has 0 atom stereocenters. The molecule has 1 aliphatic heterocycles. The van der Waals surface area contributed by atoms with Crippen molar-refractivity contribution in [3.05, 3.63) is 0 Å². The Morgan fingerprint density at radius 2 is 1.82 bits per heavy atom. The van der Waals surface area contributed by atoms with Crippen molar-refractivity contribution in [2.45, 2.75) is 32.6 Å². The average Bonchev–Trinajstić information content (AvgIpc) is 2.44. The molecule has 0 aliphatic carbocycles. The zero-order valence-corrected chi connectivity index (χ0v) is 7.44. The molecule has 1 aliphatic rings. The molecule has 0 saturated carbocycles. The van der Waals surface area contributed by atoms with E-state index in [1.54, 1.807) is 0 Å². The largest absolute Gasteiger partial charge is 0.381 e. The summed E-state index contributed by atoms with van der Waals surface area (Å²) in [5.41, 5.74) is 0. The van der Waals surface area contributed by atoms with Gasteiger partial charge in [0.15, 0.2) is 0 Å². The van der Waals surface area contributed by atoms with E-state index in [0.29, 0.717) is 0 Å². The third-order valence-corrected chi connectivity index (χ3v) is 1.31. The molecule has 0 unspecified atom stereocenters. The monoisotopic (exact) mass is 165 g/mol. The fourth-order valence-corrected chi connectivity index (χ4v) is 0.644. The van der Waals surface area contributed by atoms with Crippen LogP contribution in [0.15, 0.2) is 0 Å². The van der Waals surface area contributed by atoms with Gasteiger partial charge in [-0.2, -0.15) is 0 Å². The van der Waals surface area contributed by atoms with Gasteiger partial charge in [0.25, 0.3) is 0 Å². The van der Waals surface area contributed by atoms with E-state index >= 15 is 0 Å². The second kappa shape index (κ2) is 12.5. The first kappa shape index (κ1) is 13.4. The lowest BCUT2D eigenvalue weighted by Crippen LogP contribution is -1.74. The van der Waals surface area contributed by atoms with Crippen LogP contribution in [0.3, 0.4) is 0 Å². The molecular formula is C8H20FNO. The van der Waals surface area contributed by atoms with Crippen molar-refractivity contribution in [1.82, 2.24) is 6.15 Å². The highest BCUT2D eigenvalue weighted by molar-refractivity contribution is 4.43. The molecule has 3 heteroatoms. The lowest BCUT2D eigenvalue weighted by molar-refractivity contribution is 0.198. The molecule has 0 aromatic rings. The summed E-state index contributed by atoms with van der Waals surface area (Å²) < 4.78 is 15.9. The fraction of sp³-hybridized carbons (Fsp3) is 1.00. The first-order chi connectivity index (χ1) is 4.91. The van der Waals surface area contributed by atoms with E-state index in [2.05, 4.69) is 0 Å². The Labute approximate surface area is 68.7 Å². The van der Waals surface area contributed by atoms with Crippen LogP contribution in [0.4, 0.5) is 4.39 Å². The van der Waals surface area contributed by atoms with Gasteiger partial charge in [0.2, 0.25) is 0 Å². The number of ether oxygens (including phenoxy) is 1. The van der Waals surface area contributed by atoms with Crippen LogP contribution in [-0.2, 0) is 4.74 Å². The number of rotatable bonds is 2. The predicted octanol–water partition coefficient (Wildman–Crippen LogP) is 2.71. The molecule has 0 aromatic heterocycles. The van der Waals surface area contributed by atoms with Crippen LogP contribution in [0.5, 0.6) is 0 Å². The van der Waals surface area contributed by atoms with Crippen LogP contribution in [0.2, 0.25) is 0 Å². The molecule has 1 rings (SSSR count). The maximum Gasteiger partial charge on any atom is 0.0894 e. The smallest absolute Gasteiger partial charge is 0.0894 e. The molecule has 1 saturated heterocycles. The average molecular weight is 165 g/mol. The second-order valence-electron chi connectivity index (χ2n) is 2.36. The molecule has 1 fully saturated rings. The number of alkyl halides is 1. The van der Waals surface area contributed by atoms with Crippen molar-refractivity contribution in [3.8, 4) is 0 Å². The maximum atomic E-state index is 11.0. The number of halogens is 1. The van der Waals surface area contributed by atoms with Crippen molar-refractivity contribution in [1.29, 1.82) is 0 Å². The summed E-state index contributed by atoms with van der Waals surface area (Å²) in [4.78, 5) is 0. The first-order valence-corrected chi connectivity index (χ1v) is 4.05. The lowest BCUT2D eigenvalue weighted by atomic mass is 10.4. The topological polar surface area (TPSA) is 44.2 Å². The van der Waals surface area contributed by atoms with E-state index < -0.39 is 0 Å². The van der Waals surface area contributed by atoms with Crippen molar-refractivity contribution in [2.75, 3.05) is 19.9 Å². The Kier molecular flexibility index (Phi) is 15.3. The molecule has 11 heavy (non-hydrogen) atoms. The summed E-state index contributed by atoms with van der Waals surface area (Å²) >= 11 is 0. The van der Waals surface area contributed by atoms with Gasteiger partial charge in [-0.15, -0.1) is 0 Å². The van der Waals surface area contributed by atoms with Gasteiger partial charge in [0.05, 0.1) is 6.67 Å². The standard InChI is InChI=1S/C4H9F.C4H8O.H3N/c1-2-3-4-5;1-2-4-5-3-1;/h2-4H2,1H3;1-4H2;1H3. The number of hydrogen-bond acceptors (Lipinski definition) is 2. The molecule has 0 aromatic carbocycles. The summed E-state index contributed by atoms with van der Waals surface area (Å²) in [6.45, 7) is 3.82. The van der Waals surface area contributed by atoms with E-state index in [0.717, 1.165) is 26.1 Å². The molecular weight excluding hydrogens is 145 g/mol. The van der Waals surface area contributed by atoms with Crippen LogP contribution >= 0.6 is 0 Å². The molecule has 0 amide bonds. The molecule has 0 bridgehead atoms. The Hall–Kier alpha value is -0.150. The highest BCUT2D eigenvalue weighted by Crippen LogP contribution is 1.98. The zero-order chi connectivity index (χ0) is 7.66. The molecule has 0 spiro atoms.